The number of carbonyl (C=O) groups is 1. The van der Waals surface area contributed by atoms with E-state index < -0.39 is 83.8 Å². The number of hydrogen-bond acceptors (Lipinski definition) is 17. The maximum Gasteiger partial charge on any atom is 0.481 e. The second-order valence-corrected chi connectivity index (χ2v) is 13.3. The van der Waals surface area contributed by atoms with E-state index in [0.29, 0.717) is 0 Å². The number of imidazole rings is 1. The van der Waals surface area contributed by atoms with E-state index in [9.17, 15) is 39.0 Å². The predicted molar refractivity (Wildman–Crippen MR) is 151 cm³/mol. The summed E-state index contributed by atoms with van der Waals surface area (Å²) in [5.74, 6) is -0.921. The SMILES string of the molecule is CNC1C(COP(=O)(O)OP(=O)(O)OCC2OC([n+]3cccc(C(N)=O)c3)C(O)C2O)OC(n2cnc3c(N)nc(N)nc32)C1O. The van der Waals surface area contributed by atoms with Crippen LogP contribution >= 0.6 is 15.6 Å². The summed E-state index contributed by atoms with van der Waals surface area (Å²) in [4.78, 5) is 43.7. The van der Waals surface area contributed by atoms with Crippen molar-refractivity contribution >= 4 is 44.5 Å². The Kier molecular flexibility index (Phi) is 9.74. The molecule has 0 bridgehead atoms. The molecule has 2 aliphatic heterocycles. The Morgan fingerprint density at radius 3 is 2.39 bits per heavy atom. The van der Waals surface area contributed by atoms with Crippen LogP contribution in [0, 0.1) is 0 Å². The van der Waals surface area contributed by atoms with Crippen molar-refractivity contribution < 1.29 is 66.4 Å². The van der Waals surface area contributed by atoms with Gasteiger partial charge in [0.1, 0.15) is 35.5 Å². The Morgan fingerprint density at radius 2 is 1.74 bits per heavy atom. The quantitative estimate of drug-likeness (QED) is 0.0666. The lowest BCUT2D eigenvalue weighted by Gasteiger charge is -2.21. The maximum absolute atomic E-state index is 12.6. The first-order valence-corrected chi connectivity index (χ1v) is 16.3. The molecule has 0 spiro atoms. The number of likely N-dealkylation sites (N-methyl/N-ethyl adjacent to an activating group) is 1. The van der Waals surface area contributed by atoms with Gasteiger partial charge < -0.3 is 57.1 Å². The summed E-state index contributed by atoms with van der Waals surface area (Å²) in [6.07, 6.45) is -5.46. The lowest BCUT2D eigenvalue weighted by Crippen LogP contribution is -2.46. The molecule has 2 aliphatic rings. The second kappa shape index (κ2) is 13.1. The van der Waals surface area contributed by atoms with Crippen LogP contribution in [0.15, 0.2) is 30.9 Å². The van der Waals surface area contributed by atoms with E-state index in [1.807, 2.05) is 0 Å². The van der Waals surface area contributed by atoms with Gasteiger partial charge in [-0.2, -0.15) is 18.8 Å². The third kappa shape index (κ3) is 7.04. The summed E-state index contributed by atoms with van der Waals surface area (Å²) in [5, 5.41) is 34.5. The minimum atomic E-state index is -5.34. The van der Waals surface area contributed by atoms with Gasteiger partial charge in [-0.05, 0) is 13.1 Å². The molecule has 1 amide bonds. The number of pyridine rings is 1. The van der Waals surface area contributed by atoms with Gasteiger partial charge in [-0.3, -0.25) is 18.4 Å². The van der Waals surface area contributed by atoms with Crippen LogP contribution in [0.4, 0.5) is 11.8 Å². The van der Waals surface area contributed by atoms with Crippen molar-refractivity contribution in [2.45, 2.75) is 49.0 Å². The molecule has 252 valence electrons. The van der Waals surface area contributed by atoms with Gasteiger partial charge in [0.15, 0.2) is 36.2 Å². The van der Waals surface area contributed by atoms with E-state index in [-0.39, 0.29) is 28.5 Å². The molecule has 10 unspecified atom stereocenters. The number of aliphatic hydroxyl groups is 3. The maximum atomic E-state index is 12.6. The number of phosphoric ester groups is 2. The summed E-state index contributed by atoms with van der Waals surface area (Å²) >= 11 is 0. The number of anilines is 2. The molecule has 3 aromatic heterocycles. The van der Waals surface area contributed by atoms with Crippen LogP contribution in [-0.4, -0.2) is 107 Å². The van der Waals surface area contributed by atoms with Gasteiger partial charge in [0, 0.05) is 6.07 Å². The number of carbonyl (C=O) groups excluding carboxylic acids is 1. The predicted octanol–water partition coefficient (Wildman–Crippen LogP) is -3.21. The topological polar surface area (TPSA) is 336 Å². The molecular weight excluding hydrogens is 660 g/mol. The Labute approximate surface area is 258 Å². The molecular formula is C22H32N9O13P2+. The Morgan fingerprint density at radius 1 is 1.07 bits per heavy atom. The van der Waals surface area contributed by atoms with Crippen LogP contribution in [0.5, 0.6) is 0 Å². The smallest absolute Gasteiger partial charge is 0.387 e. The Bertz CT molecular complexity index is 1700. The molecule has 0 saturated carbocycles. The van der Waals surface area contributed by atoms with E-state index in [1.54, 1.807) is 0 Å². The van der Waals surface area contributed by atoms with Gasteiger partial charge in [0.05, 0.1) is 25.6 Å². The first kappa shape index (κ1) is 34.1. The highest BCUT2D eigenvalue weighted by Gasteiger charge is 2.50. The number of rotatable bonds is 12. The number of aromatic nitrogens is 5. The lowest BCUT2D eigenvalue weighted by atomic mass is 10.1. The monoisotopic (exact) mass is 692 g/mol. The fourth-order valence-corrected chi connectivity index (χ4v) is 7.13. The standard InChI is InChI=1S/C22H31N9O13P2/c1-26-12-10(42-21(15(12)33)31-8-27-13-17(23)28-22(25)29-19(13)31)6-40-45(36,37)44-46(38,39)41-7-11-14(32)16(34)20(43-11)30-4-2-3-9(5-30)18(24)35/h2-5,8,10-12,14-16,20-21,26,32-34H,6-7H2,1H3,(H7-,23,24,25,28,29,35,36,37,38,39)/p+1. The largest absolute Gasteiger partial charge is 0.481 e. The zero-order chi connectivity index (χ0) is 33.6. The molecule has 12 N–H and O–H groups in total. The summed E-state index contributed by atoms with van der Waals surface area (Å²) in [7, 11) is -9.18. The van der Waals surface area contributed by atoms with Gasteiger partial charge >= 0.3 is 15.6 Å². The minimum Gasteiger partial charge on any atom is -0.387 e. The zero-order valence-corrected chi connectivity index (χ0v) is 25.6. The van der Waals surface area contributed by atoms with Gasteiger partial charge in [0.2, 0.25) is 5.95 Å². The summed E-state index contributed by atoms with van der Waals surface area (Å²) in [5.41, 5.74) is 17.2. The molecule has 22 nitrogen and oxygen atoms in total. The van der Waals surface area contributed by atoms with Crippen molar-refractivity contribution in [1.82, 2.24) is 24.8 Å². The van der Waals surface area contributed by atoms with Gasteiger partial charge in [-0.15, -0.1) is 0 Å². The molecule has 0 aliphatic carbocycles. The Balaban J connectivity index is 1.18. The fraction of sp³-hybridized carbons (Fsp3) is 0.500. The van der Waals surface area contributed by atoms with Crippen molar-refractivity contribution in [2.24, 2.45) is 5.73 Å². The number of amides is 1. The van der Waals surface area contributed by atoms with Gasteiger partial charge in [-0.25, -0.2) is 14.1 Å². The van der Waals surface area contributed by atoms with Gasteiger partial charge in [0.25, 0.3) is 12.1 Å². The average molecular weight is 692 g/mol. The molecule has 24 heteroatoms. The third-order valence-electron chi connectivity index (χ3n) is 7.20. The lowest BCUT2D eigenvalue weighted by molar-refractivity contribution is -0.765. The molecule has 2 fully saturated rings. The normalized spacial score (nSPS) is 30.7. The molecule has 5 heterocycles. The van der Waals surface area contributed by atoms with Crippen molar-refractivity contribution in [3.05, 3.63) is 36.4 Å². The van der Waals surface area contributed by atoms with Crippen molar-refractivity contribution in [3.8, 4) is 0 Å². The van der Waals surface area contributed by atoms with Crippen LogP contribution in [0.2, 0.25) is 0 Å². The highest BCUT2D eigenvalue weighted by molar-refractivity contribution is 7.61. The number of aliphatic hydroxyl groups excluding tert-OH is 3. The number of nitrogen functional groups attached to an aromatic ring is 2. The first-order chi connectivity index (χ1) is 21.6. The van der Waals surface area contributed by atoms with Crippen LogP contribution in [0.1, 0.15) is 22.8 Å². The van der Waals surface area contributed by atoms with Crippen molar-refractivity contribution in [1.29, 1.82) is 0 Å². The first-order valence-electron chi connectivity index (χ1n) is 13.4. The summed E-state index contributed by atoms with van der Waals surface area (Å²) in [6, 6.07) is 1.96. The number of hydrogen-bond donors (Lipinski definition) is 9. The van der Waals surface area contributed by atoms with E-state index in [1.165, 1.54) is 47.0 Å². The van der Waals surface area contributed by atoms with E-state index in [2.05, 4.69) is 24.6 Å². The fourth-order valence-electron chi connectivity index (χ4n) is 5.04. The third-order valence-corrected chi connectivity index (χ3v) is 9.80. The zero-order valence-electron chi connectivity index (χ0n) is 23.8. The number of nitrogens with zero attached hydrogens (tertiary/aromatic N) is 5. The summed E-state index contributed by atoms with van der Waals surface area (Å²) < 4.78 is 53.0. The summed E-state index contributed by atoms with van der Waals surface area (Å²) in [6.45, 7) is -1.60. The van der Waals surface area contributed by atoms with Crippen LogP contribution in [-0.2, 0) is 32.0 Å². The second-order valence-electron chi connectivity index (χ2n) is 10.2. The number of nitrogens with two attached hydrogens (primary N) is 3. The molecule has 46 heavy (non-hydrogen) atoms. The number of fused-ring (bicyclic) bond motifs is 1. The van der Waals surface area contributed by atoms with Crippen LogP contribution < -0.4 is 27.1 Å². The minimum absolute atomic E-state index is 0.00770. The van der Waals surface area contributed by atoms with Crippen molar-refractivity contribution in [3.63, 3.8) is 0 Å². The van der Waals surface area contributed by atoms with Gasteiger partial charge in [-0.1, -0.05) is 0 Å². The number of primary amides is 1. The average Bonchev–Trinajstić information content (AvgIpc) is 3.63. The van der Waals surface area contributed by atoms with Crippen molar-refractivity contribution in [2.75, 3.05) is 31.7 Å². The highest BCUT2D eigenvalue weighted by Crippen LogP contribution is 2.60. The van der Waals surface area contributed by atoms with E-state index in [0.717, 1.165) is 0 Å². The number of phosphoric acid groups is 2. The molecule has 2 saturated heterocycles. The van der Waals surface area contributed by atoms with Crippen LogP contribution in [0.3, 0.4) is 0 Å². The Hall–Kier alpha value is -3.21. The molecule has 5 rings (SSSR count). The highest BCUT2D eigenvalue weighted by atomic mass is 31.3. The molecule has 10 atom stereocenters. The number of nitrogens with one attached hydrogen (secondary N) is 1. The van der Waals surface area contributed by atoms with E-state index in [4.69, 9.17) is 35.7 Å². The molecule has 0 aromatic carbocycles. The molecule has 3 aromatic rings. The van der Waals surface area contributed by atoms with Crippen LogP contribution in [0.25, 0.3) is 11.2 Å². The number of ether oxygens (including phenoxy) is 2. The van der Waals surface area contributed by atoms with E-state index >= 15 is 0 Å². The molecule has 0 radical (unpaired) electrons.